The summed E-state index contributed by atoms with van der Waals surface area (Å²) in [6.45, 7) is 0. The molecule has 0 amide bonds. The molecule has 1 N–H and O–H groups in total. The van der Waals surface area contributed by atoms with Crippen molar-refractivity contribution in [1.29, 1.82) is 0 Å². The number of aliphatic hydroxyl groups is 1. The van der Waals surface area contributed by atoms with Crippen molar-refractivity contribution in [2.45, 2.75) is 12.5 Å². The van der Waals surface area contributed by atoms with Crippen molar-refractivity contribution in [1.82, 2.24) is 0 Å². The highest BCUT2D eigenvalue weighted by Crippen LogP contribution is 2.29. The number of aliphatic hydroxyl groups excluding tert-OH is 1. The van der Waals surface area contributed by atoms with Gasteiger partial charge in [-0.15, -0.1) is 0 Å². The molecule has 0 aliphatic rings. The normalized spacial score (nSPS) is 13.4. The highest BCUT2D eigenvalue weighted by atomic mass is 79.9. The highest BCUT2D eigenvalue weighted by Gasteiger charge is 2.23. The Kier molecular flexibility index (Phi) is 3.49. The lowest BCUT2D eigenvalue weighted by Gasteiger charge is -2.11. The summed E-state index contributed by atoms with van der Waals surface area (Å²) in [5.74, 6) is -2.44. The van der Waals surface area contributed by atoms with Gasteiger partial charge in [-0.2, -0.15) is 0 Å². The van der Waals surface area contributed by atoms with Crippen LogP contribution in [0.15, 0.2) is 16.6 Å². The van der Waals surface area contributed by atoms with Crippen molar-refractivity contribution in [3.8, 4) is 0 Å². The van der Waals surface area contributed by atoms with Crippen LogP contribution >= 0.6 is 15.9 Å². The van der Waals surface area contributed by atoms with Crippen molar-refractivity contribution in [2.75, 3.05) is 0 Å². The van der Waals surface area contributed by atoms with Crippen LogP contribution in [0.3, 0.4) is 0 Å². The summed E-state index contributed by atoms with van der Waals surface area (Å²) in [5, 5.41) is 8.92. The van der Waals surface area contributed by atoms with E-state index in [0.717, 1.165) is 0 Å². The number of benzene rings is 1. The van der Waals surface area contributed by atoms with Gasteiger partial charge in [0.25, 0.3) is 6.43 Å². The van der Waals surface area contributed by atoms with Crippen LogP contribution in [0.5, 0.6) is 0 Å². The van der Waals surface area contributed by atoms with E-state index in [1.54, 1.807) is 0 Å². The maximum absolute atomic E-state index is 12.6. The Morgan fingerprint density at radius 3 is 2.14 bits per heavy atom. The summed E-state index contributed by atoms with van der Waals surface area (Å²) < 4.78 is 49.2. The zero-order valence-corrected chi connectivity index (χ0v) is 8.23. The van der Waals surface area contributed by atoms with Crippen LogP contribution in [0.25, 0.3) is 0 Å². The smallest absolute Gasteiger partial charge is 0.268 e. The number of rotatable bonds is 2. The Bertz CT molecular complexity index is 342. The molecule has 0 radical (unpaired) electrons. The minimum Gasteiger partial charge on any atom is -0.382 e. The zero-order chi connectivity index (χ0) is 10.9. The molecular weight excluding hydrogens is 268 g/mol. The lowest BCUT2D eigenvalue weighted by molar-refractivity contribution is -0.00639. The Balaban J connectivity index is 3.15. The first kappa shape index (κ1) is 11.5. The fourth-order valence-electron chi connectivity index (χ4n) is 0.900. The molecule has 0 saturated carbocycles. The Morgan fingerprint density at radius 1 is 1.14 bits per heavy atom. The summed E-state index contributed by atoms with van der Waals surface area (Å²) in [5.41, 5.74) is -0.376. The molecule has 0 spiro atoms. The minimum absolute atomic E-state index is 0.0933. The average Bonchev–Trinajstić information content (AvgIpc) is 2.10. The maximum atomic E-state index is 12.6. The molecule has 14 heavy (non-hydrogen) atoms. The highest BCUT2D eigenvalue weighted by molar-refractivity contribution is 9.10. The molecule has 0 aliphatic heterocycles. The fourth-order valence-corrected chi connectivity index (χ4v) is 1.45. The van der Waals surface area contributed by atoms with E-state index in [0.29, 0.717) is 12.1 Å². The van der Waals surface area contributed by atoms with Gasteiger partial charge in [0, 0.05) is 10.0 Å². The second-order valence-electron chi connectivity index (χ2n) is 2.57. The van der Waals surface area contributed by atoms with Gasteiger partial charge in [0.05, 0.1) is 0 Å². The topological polar surface area (TPSA) is 20.2 Å². The second kappa shape index (κ2) is 4.27. The molecule has 0 saturated heterocycles. The van der Waals surface area contributed by atoms with Crippen LogP contribution in [-0.2, 0) is 0 Å². The standard InChI is InChI=1S/C8H5BrF4O/c9-4-2-6(11)5(10)1-3(4)7(14)8(12)13/h1-2,7-8,14H. The third-order valence-corrected chi connectivity index (χ3v) is 2.28. The maximum Gasteiger partial charge on any atom is 0.268 e. The van der Waals surface area contributed by atoms with E-state index in [2.05, 4.69) is 15.9 Å². The number of halogens is 5. The third-order valence-electron chi connectivity index (χ3n) is 1.60. The zero-order valence-electron chi connectivity index (χ0n) is 6.65. The first-order valence-electron chi connectivity index (χ1n) is 3.54. The molecule has 1 atom stereocenters. The lowest BCUT2D eigenvalue weighted by atomic mass is 10.1. The van der Waals surface area contributed by atoms with E-state index >= 15 is 0 Å². The molecule has 0 aliphatic carbocycles. The Labute approximate surface area is 85.5 Å². The molecule has 0 fully saturated rings. The molecule has 1 nitrogen and oxygen atoms in total. The van der Waals surface area contributed by atoms with Crippen LogP contribution in [0.1, 0.15) is 11.7 Å². The quantitative estimate of drug-likeness (QED) is 0.648. The van der Waals surface area contributed by atoms with Crippen molar-refractivity contribution in [3.05, 3.63) is 33.8 Å². The number of hydrogen-bond donors (Lipinski definition) is 1. The summed E-state index contributed by atoms with van der Waals surface area (Å²) in [6.07, 6.45) is -5.17. The van der Waals surface area contributed by atoms with Crippen molar-refractivity contribution in [3.63, 3.8) is 0 Å². The first-order chi connectivity index (χ1) is 6.43. The summed E-state index contributed by atoms with van der Waals surface area (Å²) in [4.78, 5) is 0. The van der Waals surface area contributed by atoms with Gasteiger partial charge in [-0.25, -0.2) is 17.6 Å². The summed E-state index contributed by atoms with van der Waals surface area (Å²) in [7, 11) is 0. The average molecular weight is 273 g/mol. The molecule has 1 aromatic carbocycles. The molecule has 1 rings (SSSR count). The Morgan fingerprint density at radius 2 is 1.64 bits per heavy atom. The van der Waals surface area contributed by atoms with Gasteiger partial charge >= 0.3 is 0 Å². The van der Waals surface area contributed by atoms with Crippen LogP contribution in [-0.4, -0.2) is 11.5 Å². The van der Waals surface area contributed by atoms with Gasteiger partial charge in [-0.1, -0.05) is 15.9 Å². The van der Waals surface area contributed by atoms with Crippen LogP contribution in [0.2, 0.25) is 0 Å². The molecule has 1 aromatic rings. The van der Waals surface area contributed by atoms with Gasteiger partial charge in [0.2, 0.25) is 0 Å². The lowest BCUT2D eigenvalue weighted by Crippen LogP contribution is -2.09. The van der Waals surface area contributed by atoms with Gasteiger partial charge < -0.3 is 5.11 Å². The SMILES string of the molecule is OC(c1cc(F)c(F)cc1Br)C(F)F. The molecule has 0 heterocycles. The summed E-state index contributed by atoms with van der Waals surface area (Å²) >= 11 is 2.75. The van der Waals surface area contributed by atoms with Gasteiger partial charge in [-0.05, 0) is 12.1 Å². The van der Waals surface area contributed by atoms with Gasteiger partial charge in [0.1, 0.15) is 6.10 Å². The second-order valence-corrected chi connectivity index (χ2v) is 3.42. The summed E-state index contributed by atoms with van der Waals surface area (Å²) in [6, 6.07) is 1.23. The van der Waals surface area contributed by atoms with Gasteiger partial charge in [-0.3, -0.25) is 0 Å². The predicted molar refractivity (Wildman–Crippen MR) is 45.0 cm³/mol. The van der Waals surface area contributed by atoms with Crippen LogP contribution in [0.4, 0.5) is 17.6 Å². The van der Waals surface area contributed by atoms with Crippen LogP contribution < -0.4 is 0 Å². The minimum atomic E-state index is -3.05. The molecule has 0 bridgehead atoms. The van der Waals surface area contributed by atoms with Crippen molar-refractivity contribution < 1.29 is 22.7 Å². The number of alkyl halides is 2. The van der Waals surface area contributed by atoms with E-state index in [9.17, 15) is 17.6 Å². The monoisotopic (exact) mass is 272 g/mol. The first-order valence-corrected chi connectivity index (χ1v) is 4.33. The molecule has 78 valence electrons. The van der Waals surface area contributed by atoms with E-state index < -0.39 is 24.2 Å². The van der Waals surface area contributed by atoms with E-state index in [1.165, 1.54) is 0 Å². The predicted octanol–water partition coefficient (Wildman–Crippen LogP) is 3.03. The van der Waals surface area contributed by atoms with Crippen LogP contribution in [0, 0.1) is 11.6 Å². The molecule has 1 unspecified atom stereocenters. The molecule has 6 heteroatoms. The third kappa shape index (κ3) is 2.24. The van der Waals surface area contributed by atoms with Gasteiger partial charge in [0.15, 0.2) is 11.6 Å². The fraction of sp³-hybridized carbons (Fsp3) is 0.250. The molecular formula is C8H5BrF4O. The number of hydrogen-bond acceptors (Lipinski definition) is 1. The van der Waals surface area contributed by atoms with E-state index in [1.807, 2.05) is 0 Å². The Hall–Kier alpha value is -0.620. The van der Waals surface area contributed by atoms with E-state index in [4.69, 9.17) is 5.11 Å². The van der Waals surface area contributed by atoms with E-state index in [-0.39, 0.29) is 10.0 Å². The van der Waals surface area contributed by atoms with Crippen molar-refractivity contribution >= 4 is 15.9 Å². The molecule has 0 aromatic heterocycles. The van der Waals surface area contributed by atoms with Crippen molar-refractivity contribution in [2.24, 2.45) is 0 Å². The largest absolute Gasteiger partial charge is 0.382 e.